The molecule has 0 amide bonds. The van der Waals surface area contributed by atoms with Crippen LogP contribution in [0, 0.1) is 0 Å². The largest absolute Gasteiger partial charge is 0.456 e. The summed E-state index contributed by atoms with van der Waals surface area (Å²) in [6.45, 7) is 0. The molecule has 14 heavy (non-hydrogen) atoms. The highest BCUT2D eigenvalue weighted by atomic mass is 16.5. The molecule has 0 N–H and O–H groups in total. The Balaban J connectivity index is 2.30. The minimum absolute atomic E-state index is 0.520. The van der Waals surface area contributed by atoms with Crippen LogP contribution in [0.5, 0.6) is 11.6 Å². The van der Waals surface area contributed by atoms with Crippen LogP contribution in [0.2, 0.25) is 0 Å². The van der Waals surface area contributed by atoms with Crippen molar-refractivity contribution >= 4 is 10.9 Å². The molecule has 0 bridgehead atoms. The number of aromatic nitrogens is 1. The van der Waals surface area contributed by atoms with E-state index in [-0.39, 0.29) is 0 Å². The number of benzene rings is 1. The first-order valence-electron chi connectivity index (χ1n) is 4.31. The van der Waals surface area contributed by atoms with Crippen LogP contribution in [-0.4, -0.2) is 4.98 Å². The third-order valence-corrected chi connectivity index (χ3v) is 2.09. The Hall–Kier alpha value is -2.03. The molecule has 2 aromatic rings. The Morgan fingerprint density at radius 2 is 1.86 bits per heavy atom. The first kappa shape index (κ1) is 7.38. The quantitative estimate of drug-likeness (QED) is 0.631. The number of fused-ring (bicyclic) bond motifs is 2. The molecule has 0 unspecified atom stereocenters. The monoisotopic (exact) mass is 185 g/mol. The predicted molar refractivity (Wildman–Crippen MR) is 52.1 cm³/mol. The molecule has 0 saturated carbocycles. The standard InChI is InChI=1S/C11H7NO2/c1-2-4-9-8(3-1)7-10-11(12-9)14-6-5-13-10/h1-7H. The second kappa shape index (κ2) is 2.73. The maximum absolute atomic E-state index is 5.26. The Labute approximate surface area is 80.6 Å². The SMILES string of the molecule is C1=COc2nc3ccccc3cc2O1. The molecule has 3 heteroatoms. The van der Waals surface area contributed by atoms with E-state index in [1.807, 2.05) is 30.3 Å². The van der Waals surface area contributed by atoms with Crippen molar-refractivity contribution in [3.63, 3.8) is 0 Å². The number of hydrogen-bond acceptors (Lipinski definition) is 3. The highest BCUT2D eigenvalue weighted by molar-refractivity contribution is 5.81. The van der Waals surface area contributed by atoms with Gasteiger partial charge in [0.05, 0.1) is 5.52 Å². The van der Waals surface area contributed by atoms with Crippen LogP contribution in [0.1, 0.15) is 0 Å². The lowest BCUT2D eigenvalue weighted by Gasteiger charge is -2.11. The minimum atomic E-state index is 0.520. The fourth-order valence-corrected chi connectivity index (χ4v) is 1.44. The zero-order valence-corrected chi connectivity index (χ0v) is 7.31. The van der Waals surface area contributed by atoms with Crippen molar-refractivity contribution in [3.8, 4) is 11.6 Å². The highest BCUT2D eigenvalue weighted by Crippen LogP contribution is 2.31. The lowest BCUT2D eigenvalue weighted by atomic mass is 10.2. The molecule has 1 aromatic heterocycles. The van der Waals surface area contributed by atoms with Crippen LogP contribution in [0.3, 0.4) is 0 Å². The number of pyridine rings is 1. The maximum Gasteiger partial charge on any atom is 0.263 e. The van der Waals surface area contributed by atoms with Crippen molar-refractivity contribution in [2.24, 2.45) is 0 Å². The van der Waals surface area contributed by atoms with Gasteiger partial charge in [0, 0.05) is 5.39 Å². The van der Waals surface area contributed by atoms with Gasteiger partial charge in [-0.25, -0.2) is 4.98 Å². The molecule has 0 radical (unpaired) electrons. The summed E-state index contributed by atoms with van der Waals surface area (Å²) in [5.41, 5.74) is 0.908. The van der Waals surface area contributed by atoms with Gasteiger partial charge in [-0.15, -0.1) is 0 Å². The first-order chi connectivity index (χ1) is 6.93. The van der Waals surface area contributed by atoms with Gasteiger partial charge in [0.1, 0.15) is 12.5 Å². The van der Waals surface area contributed by atoms with Gasteiger partial charge < -0.3 is 9.47 Å². The van der Waals surface area contributed by atoms with Crippen molar-refractivity contribution in [2.75, 3.05) is 0 Å². The summed E-state index contributed by atoms with van der Waals surface area (Å²) in [5, 5.41) is 1.05. The molecule has 1 aromatic carbocycles. The number of ether oxygens (including phenoxy) is 2. The molecule has 3 rings (SSSR count). The molecule has 0 fully saturated rings. The number of nitrogens with zero attached hydrogens (tertiary/aromatic N) is 1. The smallest absolute Gasteiger partial charge is 0.263 e. The van der Waals surface area contributed by atoms with Crippen LogP contribution in [0.25, 0.3) is 10.9 Å². The van der Waals surface area contributed by atoms with E-state index in [0.29, 0.717) is 11.6 Å². The fourth-order valence-electron chi connectivity index (χ4n) is 1.44. The average molecular weight is 185 g/mol. The summed E-state index contributed by atoms with van der Waals surface area (Å²) in [6, 6.07) is 9.76. The third-order valence-electron chi connectivity index (χ3n) is 2.09. The van der Waals surface area contributed by atoms with Crippen molar-refractivity contribution in [3.05, 3.63) is 42.9 Å². The van der Waals surface area contributed by atoms with E-state index in [4.69, 9.17) is 9.47 Å². The van der Waals surface area contributed by atoms with Crippen molar-refractivity contribution in [1.82, 2.24) is 4.98 Å². The van der Waals surface area contributed by atoms with E-state index in [0.717, 1.165) is 10.9 Å². The minimum Gasteiger partial charge on any atom is -0.456 e. The van der Waals surface area contributed by atoms with Gasteiger partial charge in [0.15, 0.2) is 5.75 Å². The van der Waals surface area contributed by atoms with Gasteiger partial charge in [-0.05, 0) is 12.1 Å². The Bertz CT molecular complexity index is 473. The normalized spacial score (nSPS) is 13.1. The summed E-state index contributed by atoms with van der Waals surface area (Å²) in [5.74, 6) is 1.18. The lowest BCUT2D eigenvalue weighted by Crippen LogP contribution is -1.98. The zero-order valence-electron chi connectivity index (χ0n) is 7.31. The van der Waals surface area contributed by atoms with Crippen LogP contribution in [0.15, 0.2) is 42.9 Å². The van der Waals surface area contributed by atoms with Gasteiger partial charge in [0.25, 0.3) is 5.88 Å². The van der Waals surface area contributed by atoms with Crippen LogP contribution in [0.4, 0.5) is 0 Å². The summed E-state index contributed by atoms with van der Waals surface area (Å²) in [6.07, 6.45) is 2.98. The molecule has 1 aliphatic rings. The fraction of sp³-hybridized carbons (Fsp3) is 0. The Morgan fingerprint density at radius 3 is 2.86 bits per heavy atom. The van der Waals surface area contributed by atoms with E-state index in [1.54, 1.807) is 0 Å². The molecule has 68 valence electrons. The van der Waals surface area contributed by atoms with Gasteiger partial charge in [-0.1, -0.05) is 18.2 Å². The molecular formula is C11H7NO2. The van der Waals surface area contributed by atoms with Crippen LogP contribution in [-0.2, 0) is 0 Å². The summed E-state index contributed by atoms with van der Waals surface area (Å²) < 4.78 is 10.5. The maximum atomic E-state index is 5.26. The Kier molecular flexibility index (Phi) is 1.44. The van der Waals surface area contributed by atoms with Gasteiger partial charge >= 0.3 is 0 Å². The van der Waals surface area contributed by atoms with E-state index in [9.17, 15) is 0 Å². The van der Waals surface area contributed by atoms with E-state index < -0.39 is 0 Å². The van der Waals surface area contributed by atoms with Gasteiger partial charge in [0.2, 0.25) is 0 Å². The lowest BCUT2D eigenvalue weighted by molar-refractivity contribution is 0.351. The topological polar surface area (TPSA) is 31.4 Å². The van der Waals surface area contributed by atoms with Gasteiger partial charge in [-0.3, -0.25) is 0 Å². The zero-order chi connectivity index (χ0) is 9.38. The number of para-hydroxylation sites is 1. The average Bonchev–Trinajstić information content (AvgIpc) is 2.26. The third kappa shape index (κ3) is 1.03. The van der Waals surface area contributed by atoms with E-state index in [2.05, 4.69) is 4.98 Å². The molecule has 1 aliphatic heterocycles. The van der Waals surface area contributed by atoms with Crippen LogP contribution < -0.4 is 9.47 Å². The second-order valence-electron chi connectivity index (χ2n) is 2.99. The molecule has 0 saturated heterocycles. The molecule has 2 heterocycles. The molecule has 0 aliphatic carbocycles. The summed E-state index contributed by atoms with van der Waals surface area (Å²) in [7, 11) is 0. The summed E-state index contributed by atoms with van der Waals surface area (Å²) >= 11 is 0. The molecular weight excluding hydrogens is 178 g/mol. The van der Waals surface area contributed by atoms with Crippen molar-refractivity contribution < 1.29 is 9.47 Å². The number of rotatable bonds is 0. The molecule has 0 spiro atoms. The molecule has 0 atom stereocenters. The first-order valence-corrected chi connectivity index (χ1v) is 4.31. The van der Waals surface area contributed by atoms with E-state index in [1.165, 1.54) is 12.5 Å². The van der Waals surface area contributed by atoms with E-state index >= 15 is 0 Å². The molecule has 3 nitrogen and oxygen atoms in total. The van der Waals surface area contributed by atoms with Crippen molar-refractivity contribution in [2.45, 2.75) is 0 Å². The van der Waals surface area contributed by atoms with Crippen molar-refractivity contribution in [1.29, 1.82) is 0 Å². The van der Waals surface area contributed by atoms with Crippen LogP contribution >= 0.6 is 0 Å². The highest BCUT2D eigenvalue weighted by Gasteiger charge is 2.10. The second-order valence-corrected chi connectivity index (χ2v) is 2.99. The number of hydrogen-bond donors (Lipinski definition) is 0. The van der Waals surface area contributed by atoms with Gasteiger partial charge in [-0.2, -0.15) is 0 Å². The predicted octanol–water partition coefficient (Wildman–Crippen LogP) is 2.48. The Morgan fingerprint density at radius 1 is 1.00 bits per heavy atom. The summed E-state index contributed by atoms with van der Waals surface area (Å²) in [4.78, 5) is 4.32.